The van der Waals surface area contributed by atoms with Gasteiger partial charge in [-0.2, -0.15) is 8.61 Å². The predicted octanol–water partition coefficient (Wildman–Crippen LogP) is 4.53. The Morgan fingerprint density at radius 1 is 0.707 bits per heavy atom. The van der Waals surface area contributed by atoms with Crippen molar-refractivity contribution in [3.63, 3.8) is 0 Å². The topological polar surface area (TPSA) is 104 Å². The number of nitrogen functional groups attached to an aromatic ring is 1. The van der Waals surface area contributed by atoms with Gasteiger partial charge in [0.05, 0.1) is 9.79 Å². The van der Waals surface area contributed by atoms with Crippen LogP contribution in [0.2, 0.25) is 0 Å². The van der Waals surface area contributed by atoms with Crippen LogP contribution in [0.3, 0.4) is 0 Å². The van der Waals surface area contributed by atoms with Gasteiger partial charge in [-0.15, -0.1) is 12.4 Å². The standard InChI is InChI=1S/C30H38N4O4S2.ClH/c1-25-10-14-29(15-11-25)39(35,36)33-20-6-18-32(24-27-8-4-3-5-9-27)19-7-21-34(23-26(2)22-33)40(37,38)30-16-12-28(31)13-17-30;/h3-5,8-17H,2,6-7,18-24,31H2,1H3;1H. The first-order valence-corrected chi connectivity index (χ1v) is 16.3. The van der Waals surface area contributed by atoms with Gasteiger partial charge in [0.1, 0.15) is 0 Å². The van der Waals surface area contributed by atoms with E-state index in [2.05, 4.69) is 23.6 Å². The highest BCUT2D eigenvalue weighted by molar-refractivity contribution is 7.89. The zero-order chi connectivity index (χ0) is 28.8. The van der Waals surface area contributed by atoms with Crippen molar-refractivity contribution in [1.29, 1.82) is 0 Å². The molecule has 4 rings (SSSR count). The molecule has 41 heavy (non-hydrogen) atoms. The highest BCUT2D eigenvalue weighted by Crippen LogP contribution is 2.22. The molecule has 2 N–H and O–H groups in total. The third-order valence-corrected chi connectivity index (χ3v) is 10.7. The van der Waals surface area contributed by atoms with Gasteiger partial charge >= 0.3 is 0 Å². The van der Waals surface area contributed by atoms with Gasteiger partial charge < -0.3 is 5.73 Å². The fourth-order valence-electron chi connectivity index (χ4n) is 4.82. The fraction of sp³-hybridized carbons (Fsp3) is 0.333. The molecule has 222 valence electrons. The van der Waals surface area contributed by atoms with E-state index in [4.69, 9.17) is 5.73 Å². The molecule has 1 heterocycles. The molecular weight excluding hydrogens is 580 g/mol. The molecule has 0 atom stereocenters. The third-order valence-electron chi connectivity index (χ3n) is 6.99. The number of sulfonamides is 2. The van der Waals surface area contributed by atoms with E-state index < -0.39 is 20.0 Å². The molecule has 11 heteroatoms. The lowest BCUT2D eigenvalue weighted by atomic mass is 10.2. The van der Waals surface area contributed by atoms with E-state index in [0.29, 0.717) is 50.3 Å². The molecule has 8 nitrogen and oxygen atoms in total. The minimum absolute atomic E-state index is 0. The molecule has 0 radical (unpaired) electrons. The summed E-state index contributed by atoms with van der Waals surface area (Å²) >= 11 is 0. The molecule has 0 unspecified atom stereocenters. The lowest BCUT2D eigenvalue weighted by molar-refractivity contribution is 0.238. The number of hydrogen-bond acceptors (Lipinski definition) is 6. The van der Waals surface area contributed by atoms with E-state index in [0.717, 1.165) is 11.1 Å². The van der Waals surface area contributed by atoms with Crippen LogP contribution < -0.4 is 5.73 Å². The predicted molar refractivity (Wildman–Crippen MR) is 167 cm³/mol. The van der Waals surface area contributed by atoms with Crippen LogP contribution in [0.4, 0.5) is 5.69 Å². The van der Waals surface area contributed by atoms with Crippen LogP contribution in [-0.4, -0.2) is 69.6 Å². The third kappa shape index (κ3) is 8.64. The van der Waals surface area contributed by atoms with Crippen molar-refractivity contribution >= 4 is 38.1 Å². The summed E-state index contributed by atoms with van der Waals surface area (Å²) in [6.07, 6.45) is 1.26. The summed E-state index contributed by atoms with van der Waals surface area (Å²) in [5.74, 6) is 0. The van der Waals surface area contributed by atoms with Crippen molar-refractivity contribution < 1.29 is 16.8 Å². The number of nitrogens with two attached hydrogens (primary N) is 1. The maximum atomic E-state index is 13.7. The summed E-state index contributed by atoms with van der Waals surface area (Å²) in [5, 5.41) is 0. The van der Waals surface area contributed by atoms with Crippen molar-refractivity contribution in [3.8, 4) is 0 Å². The second kappa shape index (κ2) is 14.4. The summed E-state index contributed by atoms with van der Waals surface area (Å²) in [4.78, 5) is 2.62. The molecule has 0 aliphatic carbocycles. The molecule has 0 amide bonds. The number of benzene rings is 3. The number of hydrogen-bond donors (Lipinski definition) is 1. The Balaban J connectivity index is 0.00000462. The molecule has 1 saturated heterocycles. The van der Waals surface area contributed by atoms with Crippen LogP contribution in [0.1, 0.15) is 24.0 Å². The van der Waals surface area contributed by atoms with Crippen LogP contribution in [-0.2, 0) is 26.6 Å². The maximum absolute atomic E-state index is 13.7. The maximum Gasteiger partial charge on any atom is 0.243 e. The quantitative estimate of drug-likeness (QED) is 0.322. The number of halogens is 1. The number of nitrogens with zero attached hydrogens (tertiary/aromatic N) is 3. The molecular formula is C30H39ClN4O4S2. The zero-order valence-electron chi connectivity index (χ0n) is 23.4. The Labute approximate surface area is 251 Å². The van der Waals surface area contributed by atoms with Gasteiger partial charge in [0.25, 0.3) is 0 Å². The van der Waals surface area contributed by atoms with E-state index >= 15 is 0 Å². The average molecular weight is 619 g/mol. The summed E-state index contributed by atoms with van der Waals surface area (Å²) < 4.78 is 57.5. The minimum Gasteiger partial charge on any atom is -0.399 e. The first kappa shape index (κ1) is 32.8. The average Bonchev–Trinajstić information content (AvgIpc) is 2.92. The summed E-state index contributed by atoms with van der Waals surface area (Å²) in [6.45, 7) is 8.68. The van der Waals surface area contributed by atoms with Crippen molar-refractivity contribution in [1.82, 2.24) is 13.5 Å². The van der Waals surface area contributed by atoms with E-state index in [-0.39, 0.29) is 41.8 Å². The van der Waals surface area contributed by atoms with Crippen molar-refractivity contribution in [3.05, 3.63) is 102 Å². The van der Waals surface area contributed by atoms with Gasteiger partial charge in [-0.1, -0.05) is 54.6 Å². The Morgan fingerprint density at radius 3 is 1.66 bits per heavy atom. The lowest BCUT2D eigenvalue weighted by Crippen LogP contribution is -2.41. The molecule has 1 fully saturated rings. The van der Waals surface area contributed by atoms with E-state index in [1.807, 2.05) is 25.1 Å². The van der Waals surface area contributed by atoms with Gasteiger partial charge in [-0.25, -0.2) is 16.8 Å². The monoisotopic (exact) mass is 618 g/mol. The normalized spacial score (nSPS) is 17.2. The molecule has 0 spiro atoms. The number of anilines is 1. The van der Waals surface area contributed by atoms with Gasteiger partial charge in [-0.05, 0) is 80.4 Å². The first-order chi connectivity index (χ1) is 19.1. The molecule has 0 aromatic heterocycles. The molecule has 3 aromatic carbocycles. The highest BCUT2D eigenvalue weighted by atomic mass is 35.5. The fourth-order valence-corrected chi connectivity index (χ4v) is 7.82. The van der Waals surface area contributed by atoms with E-state index in [1.165, 1.54) is 20.7 Å². The smallest absolute Gasteiger partial charge is 0.243 e. The van der Waals surface area contributed by atoms with Gasteiger partial charge in [0, 0.05) is 38.4 Å². The second-order valence-electron chi connectivity index (χ2n) is 10.3. The van der Waals surface area contributed by atoms with Crippen molar-refractivity contribution in [2.45, 2.75) is 36.1 Å². The Bertz CT molecular complexity index is 1400. The van der Waals surface area contributed by atoms with Crippen LogP contribution >= 0.6 is 12.4 Å². The van der Waals surface area contributed by atoms with Crippen molar-refractivity contribution in [2.24, 2.45) is 0 Å². The Kier molecular flexibility index (Phi) is 11.5. The summed E-state index contributed by atoms with van der Waals surface area (Å²) in [7, 11) is -7.67. The van der Waals surface area contributed by atoms with Crippen molar-refractivity contribution in [2.75, 3.05) is 45.0 Å². The second-order valence-corrected chi connectivity index (χ2v) is 14.2. The van der Waals surface area contributed by atoms with Crippen LogP contribution in [0, 0.1) is 6.92 Å². The Hall–Kier alpha value is -2.73. The van der Waals surface area contributed by atoms with E-state index in [1.54, 1.807) is 36.4 Å². The molecule has 1 aliphatic rings. The summed E-state index contributed by atoms with van der Waals surface area (Å²) in [5.41, 5.74) is 8.90. The van der Waals surface area contributed by atoms with Crippen LogP contribution in [0.25, 0.3) is 0 Å². The zero-order valence-corrected chi connectivity index (χ0v) is 25.8. The molecule has 1 aliphatic heterocycles. The van der Waals surface area contributed by atoms with E-state index in [9.17, 15) is 16.8 Å². The first-order valence-electron chi connectivity index (χ1n) is 13.4. The lowest BCUT2D eigenvalue weighted by Gasteiger charge is -2.30. The Morgan fingerprint density at radius 2 is 1.17 bits per heavy atom. The summed E-state index contributed by atoms with van der Waals surface area (Å²) in [6, 6.07) is 23.0. The molecule has 3 aromatic rings. The minimum atomic E-state index is -3.86. The van der Waals surface area contributed by atoms with Gasteiger partial charge in [-0.3, -0.25) is 4.90 Å². The molecule has 0 saturated carbocycles. The van der Waals surface area contributed by atoms with Crippen LogP contribution in [0.5, 0.6) is 0 Å². The SMILES string of the molecule is C=C1CN(S(=O)(=O)c2ccc(C)cc2)CCCN(Cc2ccccc2)CCCN(S(=O)(=O)c2ccc(N)cc2)C1.Cl. The largest absolute Gasteiger partial charge is 0.399 e. The van der Waals surface area contributed by atoms with Gasteiger partial charge in [0.2, 0.25) is 20.0 Å². The van der Waals surface area contributed by atoms with Crippen LogP contribution in [0.15, 0.2) is 101 Å². The van der Waals surface area contributed by atoms with Gasteiger partial charge in [0.15, 0.2) is 0 Å². The number of rotatable bonds is 6. The highest BCUT2D eigenvalue weighted by Gasteiger charge is 2.29. The number of aryl methyl sites for hydroxylation is 1. The molecule has 0 bridgehead atoms.